The first-order valence-electron chi connectivity index (χ1n) is 9.80. The first kappa shape index (κ1) is 19.0. The maximum Gasteiger partial charge on any atom is 0.238 e. The van der Waals surface area contributed by atoms with Gasteiger partial charge in [-0.2, -0.15) is 9.61 Å². The van der Waals surface area contributed by atoms with Crippen LogP contribution in [0.25, 0.3) is 5.65 Å². The van der Waals surface area contributed by atoms with E-state index in [1.165, 1.54) is 43.0 Å². The van der Waals surface area contributed by atoms with Crippen LogP contribution in [-0.4, -0.2) is 23.0 Å². The number of hydrogen-bond donors (Lipinski definition) is 2. The Bertz CT molecular complexity index is 1220. The summed E-state index contributed by atoms with van der Waals surface area (Å²) in [5.74, 6) is 0.945. The van der Waals surface area contributed by atoms with E-state index in [1.54, 1.807) is 18.3 Å². The molecular formula is C20H22BrN5O2S. The molecule has 1 fully saturated rings. The highest BCUT2D eigenvalue weighted by atomic mass is 79.9. The van der Waals surface area contributed by atoms with Gasteiger partial charge in [0.2, 0.25) is 10.0 Å². The number of hydrogen-bond acceptors (Lipinski definition) is 5. The molecule has 0 atom stereocenters. The van der Waals surface area contributed by atoms with Crippen molar-refractivity contribution in [2.24, 2.45) is 5.14 Å². The van der Waals surface area contributed by atoms with Gasteiger partial charge >= 0.3 is 0 Å². The fourth-order valence-corrected chi connectivity index (χ4v) is 5.83. The van der Waals surface area contributed by atoms with E-state index in [9.17, 15) is 8.42 Å². The zero-order valence-electron chi connectivity index (χ0n) is 15.9. The molecule has 9 heteroatoms. The zero-order valence-corrected chi connectivity index (χ0v) is 18.3. The summed E-state index contributed by atoms with van der Waals surface area (Å²) in [6, 6.07) is 6.72. The molecule has 2 aromatic heterocycles. The molecule has 7 nitrogen and oxygen atoms in total. The molecule has 0 radical (unpaired) electrons. The lowest BCUT2D eigenvalue weighted by Crippen LogP contribution is -2.20. The third-order valence-corrected chi connectivity index (χ3v) is 7.78. The SMILES string of the molecule is NS(=O)(=O)c1cccc(CNc2c3c(nc4c(Br)cnn24)C2(CCCC2)CC3)c1. The number of fused-ring (bicyclic) bond motifs is 3. The number of rotatable bonds is 4. The summed E-state index contributed by atoms with van der Waals surface area (Å²) in [5.41, 5.74) is 4.31. The van der Waals surface area contributed by atoms with Crippen molar-refractivity contribution in [3.05, 3.63) is 51.8 Å². The van der Waals surface area contributed by atoms with Crippen molar-refractivity contribution in [2.75, 3.05) is 5.32 Å². The summed E-state index contributed by atoms with van der Waals surface area (Å²) in [6.07, 6.45) is 8.80. The van der Waals surface area contributed by atoms with Gasteiger partial charge in [-0.1, -0.05) is 25.0 Å². The van der Waals surface area contributed by atoms with Crippen LogP contribution in [0.15, 0.2) is 39.8 Å². The van der Waals surface area contributed by atoms with Crippen molar-refractivity contribution in [3.8, 4) is 0 Å². The van der Waals surface area contributed by atoms with E-state index in [4.69, 9.17) is 10.1 Å². The maximum absolute atomic E-state index is 11.7. The van der Waals surface area contributed by atoms with Gasteiger partial charge in [-0.3, -0.25) is 0 Å². The predicted molar refractivity (Wildman–Crippen MR) is 114 cm³/mol. The standard InChI is InChI=1S/C20H22BrN5O2S/c21-16-12-24-26-18(23-11-13-4-3-5-14(10-13)29(22,27)28)15-6-9-20(7-1-2-8-20)17(15)25-19(16)26/h3-5,10,12,23H,1-2,6-9,11H2,(H2,22,27,28). The predicted octanol–water partition coefficient (Wildman–Crippen LogP) is 3.51. The van der Waals surface area contributed by atoms with Gasteiger partial charge in [0.15, 0.2) is 5.65 Å². The molecular weight excluding hydrogens is 454 g/mol. The van der Waals surface area contributed by atoms with Crippen molar-refractivity contribution in [2.45, 2.75) is 55.4 Å². The van der Waals surface area contributed by atoms with Crippen LogP contribution in [0.1, 0.15) is 48.9 Å². The number of benzene rings is 1. The number of primary sulfonamides is 1. The van der Waals surface area contributed by atoms with Crippen LogP contribution in [0.2, 0.25) is 0 Å². The van der Waals surface area contributed by atoms with Gasteiger partial charge in [-0.05, 0) is 59.3 Å². The number of aromatic nitrogens is 3. The minimum Gasteiger partial charge on any atom is -0.366 e. The van der Waals surface area contributed by atoms with E-state index in [-0.39, 0.29) is 10.3 Å². The summed E-state index contributed by atoms with van der Waals surface area (Å²) in [5, 5.41) is 13.3. The summed E-state index contributed by atoms with van der Waals surface area (Å²) >= 11 is 3.58. The highest BCUT2D eigenvalue weighted by molar-refractivity contribution is 9.10. The molecule has 2 aliphatic carbocycles. The van der Waals surface area contributed by atoms with Crippen LogP contribution in [0.3, 0.4) is 0 Å². The Morgan fingerprint density at radius 3 is 2.79 bits per heavy atom. The quantitative estimate of drug-likeness (QED) is 0.600. The highest BCUT2D eigenvalue weighted by Gasteiger charge is 2.44. The molecule has 0 unspecified atom stereocenters. The van der Waals surface area contributed by atoms with Crippen LogP contribution in [0, 0.1) is 0 Å². The number of sulfonamides is 1. The number of anilines is 1. The Labute approximate surface area is 177 Å². The molecule has 0 aliphatic heterocycles. The van der Waals surface area contributed by atoms with E-state index in [0.717, 1.165) is 34.3 Å². The fourth-order valence-electron chi connectivity index (χ4n) is 4.90. The molecule has 3 aromatic rings. The second-order valence-electron chi connectivity index (χ2n) is 8.05. The van der Waals surface area contributed by atoms with Gasteiger partial charge in [0.25, 0.3) is 0 Å². The Hall–Kier alpha value is -1.97. The lowest BCUT2D eigenvalue weighted by Gasteiger charge is -2.23. The van der Waals surface area contributed by atoms with Gasteiger partial charge in [0, 0.05) is 17.5 Å². The molecule has 1 spiro atoms. The summed E-state index contributed by atoms with van der Waals surface area (Å²) < 4.78 is 26.0. The molecule has 0 saturated heterocycles. The summed E-state index contributed by atoms with van der Waals surface area (Å²) in [6.45, 7) is 0.472. The van der Waals surface area contributed by atoms with E-state index in [1.807, 2.05) is 10.6 Å². The van der Waals surface area contributed by atoms with Crippen molar-refractivity contribution in [3.63, 3.8) is 0 Å². The van der Waals surface area contributed by atoms with Crippen molar-refractivity contribution < 1.29 is 8.42 Å². The number of halogens is 1. The molecule has 29 heavy (non-hydrogen) atoms. The lowest BCUT2D eigenvalue weighted by molar-refractivity contribution is 0.429. The van der Waals surface area contributed by atoms with Gasteiger partial charge in [-0.25, -0.2) is 18.5 Å². The maximum atomic E-state index is 11.7. The minimum atomic E-state index is -3.73. The average Bonchev–Trinajstić information content (AvgIpc) is 3.41. The van der Waals surface area contributed by atoms with Crippen LogP contribution in [0.4, 0.5) is 5.82 Å². The molecule has 1 saturated carbocycles. The van der Waals surface area contributed by atoms with E-state index < -0.39 is 10.0 Å². The van der Waals surface area contributed by atoms with Crippen LogP contribution >= 0.6 is 15.9 Å². The normalized spacial score (nSPS) is 17.9. The first-order valence-corrected chi connectivity index (χ1v) is 12.1. The van der Waals surface area contributed by atoms with Crippen LogP contribution in [0.5, 0.6) is 0 Å². The van der Waals surface area contributed by atoms with Crippen molar-refractivity contribution in [1.29, 1.82) is 0 Å². The molecule has 2 aliphatic rings. The number of nitrogens with two attached hydrogens (primary N) is 1. The number of nitrogens with one attached hydrogen (secondary N) is 1. The molecule has 1 aromatic carbocycles. The second kappa shape index (κ2) is 6.78. The molecule has 5 rings (SSSR count). The Morgan fingerprint density at radius 1 is 1.24 bits per heavy atom. The lowest BCUT2D eigenvalue weighted by atomic mass is 9.83. The van der Waals surface area contributed by atoms with E-state index in [2.05, 4.69) is 26.3 Å². The van der Waals surface area contributed by atoms with E-state index >= 15 is 0 Å². The smallest absolute Gasteiger partial charge is 0.238 e. The first-order chi connectivity index (χ1) is 13.9. The Kier molecular flexibility index (Phi) is 4.45. The summed E-state index contributed by atoms with van der Waals surface area (Å²) in [7, 11) is -3.73. The highest BCUT2D eigenvalue weighted by Crippen LogP contribution is 2.51. The van der Waals surface area contributed by atoms with Crippen LogP contribution in [-0.2, 0) is 28.4 Å². The van der Waals surface area contributed by atoms with E-state index in [0.29, 0.717) is 6.54 Å². The van der Waals surface area contributed by atoms with Crippen molar-refractivity contribution in [1.82, 2.24) is 14.6 Å². The molecule has 0 bridgehead atoms. The Balaban J connectivity index is 1.56. The van der Waals surface area contributed by atoms with Crippen LogP contribution < -0.4 is 10.5 Å². The van der Waals surface area contributed by atoms with Gasteiger partial charge < -0.3 is 5.32 Å². The van der Waals surface area contributed by atoms with Crippen molar-refractivity contribution >= 4 is 37.4 Å². The molecule has 152 valence electrons. The average molecular weight is 476 g/mol. The molecule has 0 amide bonds. The van der Waals surface area contributed by atoms with Gasteiger partial charge in [0.1, 0.15) is 5.82 Å². The molecule has 2 heterocycles. The summed E-state index contributed by atoms with van der Waals surface area (Å²) in [4.78, 5) is 5.15. The van der Waals surface area contributed by atoms with Gasteiger partial charge in [-0.15, -0.1) is 0 Å². The fraction of sp³-hybridized carbons (Fsp3) is 0.400. The largest absolute Gasteiger partial charge is 0.366 e. The minimum absolute atomic E-state index is 0.119. The topological polar surface area (TPSA) is 102 Å². The number of nitrogens with zero attached hydrogens (tertiary/aromatic N) is 3. The Morgan fingerprint density at radius 2 is 2.03 bits per heavy atom. The van der Waals surface area contributed by atoms with Gasteiger partial charge in [0.05, 0.1) is 21.3 Å². The third kappa shape index (κ3) is 3.15. The monoisotopic (exact) mass is 475 g/mol. The zero-order chi connectivity index (χ0) is 20.2. The third-order valence-electron chi connectivity index (χ3n) is 6.31. The second-order valence-corrected chi connectivity index (χ2v) is 10.5. The molecule has 3 N–H and O–H groups in total.